The van der Waals surface area contributed by atoms with Gasteiger partial charge in [-0.1, -0.05) is 24.3 Å². The summed E-state index contributed by atoms with van der Waals surface area (Å²) in [6.07, 6.45) is 7.62. The van der Waals surface area contributed by atoms with Crippen molar-refractivity contribution in [3.8, 4) is 0 Å². The number of hydrogen-bond acceptors (Lipinski definition) is 2. The maximum absolute atomic E-state index is 6.10. The van der Waals surface area contributed by atoms with Crippen LogP contribution in [0.2, 0.25) is 0 Å². The molecule has 0 aliphatic heterocycles. The van der Waals surface area contributed by atoms with E-state index in [-0.39, 0.29) is 6.04 Å². The van der Waals surface area contributed by atoms with Crippen molar-refractivity contribution in [2.24, 2.45) is 4.99 Å². The maximum atomic E-state index is 6.10. The summed E-state index contributed by atoms with van der Waals surface area (Å²) in [4.78, 5) is 3.49. The maximum Gasteiger partial charge on any atom is 0.101 e. The van der Waals surface area contributed by atoms with Gasteiger partial charge < -0.3 is 0 Å². The summed E-state index contributed by atoms with van der Waals surface area (Å²) in [5, 5.41) is 2.33. The Morgan fingerprint density at radius 2 is 2.36 bits per heavy atom. The minimum Gasteiger partial charge on any atom is -0.223 e. The van der Waals surface area contributed by atoms with Crippen LogP contribution in [0, 0.1) is 0 Å². The lowest BCUT2D eigenvalue weighted by molar-refractivity contribution is 0.669. The highest BCUT2D eigenvalue weighted by Crippen LogP contribution is 2.27. The van der Waals surface area contributed by atoms with Crippen LogP contribution in [-0.4, -0.2) is 16.1 Å². The molecule has 0 amide bonds. The van der Waals surface area contributed by atoms with E-state index < -0.39 is 4.87 Å². The molecule has 0 aromatic carbocycles. The van der Waals surface area contributed by atoms with E-state index in [0.29, 0.717) is 0 Å². The number of allylic oxidation sites excluding steroid dienone is 2. The third-order valence-corrected chi connectivity index (χ3v) is 2.05. The standard InChI is InChI=1S/C8H8ClNS/c1-8(9)5-3-2-4-7(8)10-6-11/h2-5,7H,1H3. The minimum absolute atomic E-state index is 0.0772. The topological polar surface area (TPSA) is 12.4 Å². The summed E-state index contributed by atoms with van der Waals surface area (Å²) < 4.78 is 0. The molecule has 0 N–H and O–H groups in total. The second-order valence-electron chi connectivity index (χ2n) is 2.56. The van der Waals surface area contributed by atoms with E-state index >= 15 is 0 Å². The fraction of sp³-hybridized carbons (Fsp3) is 0.375. The lowest BCUT2D eigenvalue weighted by Gasteiger charge is -2.24. The number of thiocarbonyl (C=S) groups is 1. The van der Waals surface area contributed by atoms with Crippen molar-refractivity contribution in [2.75, 3.05) is 0 Å². The molecule has 1 nitrogen and oxygen atoms in total. The average Bonchev–Trinajstić information content (AvgIpc) is 1.94. The molecule has 0 aromatic heterocycles. The van der Waals surface area contributed by atoms with Crippen molar-refractivity contribution in [3.05, 3.63) is 24.3 Å². The van der Waals surface area contributed by atoms with Crippen LogP contribution in [0.4, 0.5) is 0 Å². The molecule has 58 valence electrons. The Morgan fingerprint density at radius 1 is 1.64 bits per heavy atom. The first-order chi connectivity index (χ1) is 5.17. The van der Waals surface area contributed by atoms with Crippen LogP contribution in [0.3, 0.4) is 0 Å². The van der Waals surface area contributed by atoms with Crippen LogP contribution in [0.25, 0.3) is 0 Å². The highest BCUT2D eigenvalue weighted by molar-refractivity contribution is 7.78. The van der Waals surface area contributed by atoms with Gasteiger partial charge in [-0.05, 0) is 19.1 Å². The van der Waals surface area contributed by atoms with Crippen molar-refractivity contribution in [1.82, 2.24) is 0 Å². The fourth-order valence-electron chi connectivity index (χ4n) is 0.926. The molecule has 1 aliphatic carbocycles. The summed E-state index contributed by atoms with van der Waals surface area (Å²) in [6.45, 7) is 1.90. The van der Waals surface area contributed by atoms with Gasteiger partial charge >= 0.3 is 0 Å². The van der Waals surface area contributed by atoms with Crippen molar-refractivity contribution >= 4 is 29.0 Å². The Bertz CT molecular complexity index is 249. The quantitative estimate of drug-likeness (QED) is 0.348. The molecule has 1 aliphatic rings. The lowest BCUT2D eigenvalue weighted by Crippen LogP contribution is -2.29. The van der Waals surface area contributed by atoms with Gasteiger partial charge in [0.1, 0.15) is 6.04 Å². The van der Waals surface area contributed by atoms with Gasteiger partial charge in [0.25, 0.3) is 0 Å². The zero-order valence-corrected chi connectivity index (χ0v) is 7.69. The van der Waals surface area contributed by atoms with Gasteiger partial charge in [-0.3, -0.25) is 0 Å². The van der Waals surface area contributed by atoms with Crippen molar-refractivity contribution in [1.29, 1.82) is 0 Å². The number of hydrogen-bond donors (Lipinski definition) is 0. The van der Waals surface area contributed by atoms with E-state index in [9.17, 15) is 0 Å². The molecular formula is C8H8ClNS. The molecule has 0 aromatic rings. The van der Waals surface area contributed by atoms with E-state index in [1.54, 1.807) is 0 Å². The number of rotatable bonds is 1. The number of alkyl halides is 1. The van der Waals surface area contributed by atoms with Gasteiger partial charge in [-0.2, -0.15) is 0 Å². The highest BCUT2D eigenvalue weighted by Gasteiger charge is 2.28. The Balaban J connectivity index is 2.88. The third-order valence-electron chi connectivity index (χ3n) is 1.60. The first kappa shape index (κ1) is 8.66. The highest BCUT2D eigenvalue weighted by atomic mass is 35.5. The smallest absolute Gasteiger partial charge is 0.101 e. The van der Waals surface area contributed by atoms with Crippen molar-refractivity contribution in [3.63, 3.8) is 0 Å². The molecule has 3 heteroatoms. The van der Waals surface area contributed by atoms with Gasteiger partial charge in [-0.15, -0.1) is 11.6 Å². The second kappa shape index (κ2) is 3.31. The Kier molecular flexibility index (Phi) is 2.61. The molecule has 11 heavy (non-hydrogen) atoms. The van der Waals surface area contributed by atoms with E-state index in [4.69, 9.17) is 11.6 Å². The molecule has 2 atom stereocenters. The predicted octanol–water partition coefficient (Wildman–Crippen LogP) is 2.58. The summed E-state index contributed by atoms with van der Waals surface area (Å²) in [6, 6.07) is -0.0772. The molecule has 2 unspecified atom stereocenters. The van der Waals surface area contributed by atoms with Crippen LogP contribution in [0.15, 0.2) is 29.3 Å². The summed E-state index contributed by atoms with van der Waals surface area (Å²) in [7, 11) is 0. The predicted molar refractivity (Wildman–Crippen MR) is 51.4 cm³/mol. The van der Waals surface area contributed by atoms with Gasteiger partial charge in [0.2, 0.25) is 0 Å². The van der Waals surface area contributed by atoms with Gasteiger partial charge in [0, 0.05) is 0 Å². The minimum atomic E-state index is -0.444. The van der Waals surface area contributed by atoms with Gasteiger partial charge in [0.15, 0.2) is 0 Å². The van der Waals surface area contributed by atoms with E-state index in [0.717, 1.165) is 0 Å². The van der Waals surface area contributed by atoms with Crippen LogP contribution in [-0.2, 0) is 0 Å². The van der Waals surface area contributed by atoms with Gasteiger partial charge in [0.05, 0.1) is 10.0 Å². The average molecular weight is 186 g/mol. The Labute approximate surface area is 76.5 Å². The molecular weight excluding hydrogens is 178 g/mol. The first-order valence-corrected chi connectivity index (χ1v) is 4.07. The second-order valence-corrected chi connectivity index (χ2v) is 3.56. The summed E-state index contributed by atoms with van der Waals surface area (Å²) >= 11 is 10.6. The van der Waals surface area contributed by atoms with Crippen LogP contribution >= 0.6 is 23.8 Å². The zero-order chi connectivity index (χ0) is 8.32. The fourth-order valence-corrected chi connectivity index (χ4v) is 1.23. The molecule has 0 heterocycles. The van der Waals surface area contributed by atoms with E-state index in [2.05, 4.69) is 22.4 Å². The lowest BCUT2D eigenvalue weighted by atomic mass is 9.97. The third kappa shape index (κ3) is 2.00. The van der Waals surface area contributed by atoms with Crippen molar-refractivity contribution < 1.29 is 0 Å². The van der Waals surface area contributed by atoms with Crippen molar-refractivity contribution in [2.45, 2.75) is 17.8 Å². The SMILES string of the molecule is CC1(Cl)C=CC=CC1N=C=S. The largest absolute Gasteiger partial charge is 0.223 e. The normalized spacial score (nSPS) is 34.9. The molecule has 0 saturated carbocycles. The molecule has 0 saturated heterocycles. The number of nitrogens with zero attached hydrogens (tertiary/aromatic N) is 1. The van der Waals surface area contributed by atoms with Crippen LogP contribution in [0.1, 0.15) is 6.92 Å². The van der Waals surface area contributed by atoms with E-state index in [1.807, 2.05) is 31.2 Å². The Hall–Kier alpha value is -0.430. The van der Waals surface area contributed by atoms with Crippen LogP contribution in [0.5, 0.6) is 0 Å². The summed E-state index contributed by atoms with van der Waals surface area (Å²) in [5.74, 6) is 0. The van der Waals surface area contributed by atoms with Gasteiger partial charge in [-0.25, -0.2) is 4.99 Å². The monoisotopic (exact) mass is 185 g/mol. The Morgan fingerprint density at radius 3 is 2.91 bits per heavy atom. The molecule has 0 bridgehead atoms. The van der Waals surface area contributed by atoms with Crippen LogP contribution < -0.4 is 0 Å². The molecule has 0 radical (unpaired) electrons. The molecule has 0 fully saturated rings. The zero-order valence-electron chi connectivity index (χ0n) is 6.12. The van der Waals surface area contributed by atoms with E-state index in [1.165, 1.54) is 0 Å². The number of halogens is 1. The molecule has 0 spiro atoms. The first-order valence-electron chi connectivity index (χ1n) is 3.29. The number of isothiocyanates is 1. The summed E-state index contributed by atoms with van der Waals surface area (Å²) in [5.41, 5.74) is 0. The number of aliphatic imine (C=N–C) groups is 1. The molecule has 1 rings (SSSR count).